The molecule has 2 heterocycles. The minimum Gasteiger partial charge on any atom is -0.333 e. The van der Waals surface area contributed by atoms with E-state index in [2.05, 4.69) is 33.0 Å². The van der Waals surface area contributed by atoms with Gasteiger partial charge in [0.2, 0.25) is 0 Å². The van der Waals surface area contributed by atoms with Crippen LogP contribution in [0.1, 0.15) is 31.5 Å². The summed E-state index contributed by atoms with van der Waals surface area (Å²) in [6.07, 6.45) is 9.62. The van der Waals surface area contributed by atoms with Crippen LogP contribution in [0.25, 0.3) is 0 Å². The number of nitrogens with one attached hydrogen (secondary N) is 1. The van der Waals surface area contributed by atoms with Gasteiger partial charge >= 0.3 is 0 Å². The Hall–Kier alpha value is -0.870. The van der Waals surface area contributed by atoms with E-state index in [1.165, 1.54) is 44.6 Å². The van der Waals surface area contributed by atoms with E-state index in [9.17, 15) is 0 Å². The molecule has 3 rings (SSSR count). The van der Waals surface area contributed by atoms with E-state index in [1.807, 2.05) is 6.20 Å². The molecule has 4 heteroatoms. The maximum absolute atomic E-state index is 4.46. The van der Waals surface area contributed by atoms with Crippen LogP contribution >= 0.6 is 0 Å². The second kappa shape index (κ2) is 5.02. The molecule has 4 nitrogen and oxygen atoms in total. The first-order chi connectivity index (χ1) is 8.81. The number of fused-ring (bicyclic) bond motifs is 1. The van der Waals surface area contributed by atoms with Crippen molar-refractivity contribution in [2.75, 3.05) is 26.7 Å². The molecule has 0 unspecified atom stereocenters. The summed E-state index contributed by atoms with van der Waals surface area (Å²) in [5.41, 5.74) is 0.517. The molecular formula is C14H24N4. The zero-order valence-electron chi connectivity index (χ0n) is 11.4. The van der Waals surface area contributed by atoms with Crippen LogP contribution in [0.15, 0.2) is 12.4 Å². The Bertz CT molecular complexity index is 392. The molecule has 1 aromatic heterocycles. The van der Waals surface area contributed by atoms with E-state index in [-0.39, 0.29) is 0 Å². The predicted octanol–water partition coefficient (Wildman–Crippen LogP) is 1.48. The topological polar surface area (TPSA) is 33.1 Å². The molecule has 1 aliphatic carbocycles. The molecule has 0 amide bonds. The molecule has 0 saturated heterocycles. The molecule has 1 aromatic rings. The molecule has 100 valence electrons. The van der Waals surface area contributed by atoms with Gasteiger partial charge in [0.25, 0.3) is 0 Å². The molecule has 0 bridgehead atoms. The minimum absolute atomic E-state index is 0.517. The quantitative estimate of drug-likeness (QED) is 0.876. The molecule has 0 spiro atoms. The Morgan fingerprint density at radius 1 is 1.33 bits per heavy atom. The van der Waals surface area contributed by atoms with Gasteiger partial charge in [0.1, 0.15) is 5.82 Å². The van der Waals surface area contributed by atoms with E-state index in [0.717, 1.165) is 19.6 Å². The van der Waals surface area contributed by atoms with Crippen molar-refractivity contribution in [2.24, 2.45) is 5.41 Å². The lowest BCUT2D eigenvalue weighted by atomic mass is 9.85. The standard InChI is InChI=1S/C14H24N4/c1-15-11-14(4-2-3-5-14)12-17-8-9-18-7-6-16-13(18)10-17/h6-7,15H,2-5,8-12H2,1H3. The van der Waals surface area contributed by atoms with Crippen LogP contribution in [0.3, 0.4) is 0 Å². The molecular weight excluding hydrogens is 224 g/mol. The molecule has 0 radical (unpaired) electrons. The monoisotopic (exact) mass is 248 g/mol. The van der Waals surface area contributed by atoms with Gasteiger partial charge in [0.15, 0.2) is 0 Å². The summed E-state index contributed by atoms with van der Waals surface area (Å²) in [5, 5.41) is 3.41. The minimum atomic E-state index is 0.517. The fraction of sp³-hybridized carbons (Fsp3) is 0.786. The summed E-state index contributed by atoms with van der Waals surface area (Å²) in [4.78, 5) is 7.06. The van der Waals surface area contributed by atoms with Crippen LogP contribution in [0.5, 0.6) is 0 Å². The summed E-state index contributed by atoms with van der Waals surface area (Å²) < 4.78 is 2.29. The van der Waals surface area contributed by atoms with Crippen molar-refractivity contribution in [1.82, 2.24) is 19.8 Å². The van der Waals surface area contributed by atoms with Crippen LogP contribution in [0, 0.1) is 5.41 Å². The lowest BCUT2D eigenvalue weighted by Crippen LogP contribution is -2.44. The number of hydrogen-bond acceptors (Lipinski definition) is 3. The summed E-state index contributed by atoms with van der Waals surface area (Å²) in [6, 6.07) is 0. The normalized spacial score (nSPS) is 23.2. The van der Waals surface area contributed by atoms with Gasteiger partial charge in [-0.15, -0.1) is 0 Å². The van der Waals surface area contributed by atoms with Gasteiger partial charge in [-0.3, -0.25) is 4.90 Å². The van der Waals surface area contributed by atoms with Gasteiger partial charge in [0, 0.05) is 38.6 Å². The van der Waals surface area contributed by atoms with Gasteiger partial charge < -0.3 is 9.88 Å². The van der Waals surface area contributed by atoms with E-state index in [1.54, 1.807) is 0 Å². The maximum Gasteiger partial charge on any atom is 0.122 e. The average Bonchev–Trinajstić information content (AvgIpc) is 2.98. The summed E-state index contributed by atoms with van der Waals surface area (Å²) in [7, 11) is 2.09. The molecule has 1 N–H and O–H groups in total. The Labute approximate surface area is 109 Å². The number of hydrogen-bond donors (Lipinski definition) is 1. The molecule has 1 fully saturated rings. The van der Waals surface area contributed by atoms with E-state index in [0.29, 0.717) is 5.41 Å². The number of aromatic nitrogens is 2. The predicted molar refractivity (Wildman–Crippen MR) is 72.3 cm³/mol. The number of nitrogens with zero attached hydrogens (tertiary/aromatic N) is 3. The first kappa shape index (κ1) is 12.2. The third-order valence-electron chi connectivity index (χ3n) is 4.60. The molecule has 0 atom stereocenters. The van der Waals surface area contributed by atoms with Gasteiger partial charge in [-0.05, 0) is 25.3 Å². The second-order valence-electron chi connectivity index (χ2n) is 5.98. The summed E-state index contributed by atoms with van der Waals surface area (Å²) in [6.45, 7) is 5.71. The highest BCUT2D eigenvalue weighted by atomic mass is 15.2. The SMILES string of the molecule is CNCC1(CN2CCn3ccnc3C2)CCCC1. The van der Waals surface area contributed by atoms with Crippen molar-refractivity contribution < 1.29 is 0 Å². The van der Waals surface area contributed by atoms with Crippen LogP contribution < -0.4 is 5.32 Å². The fourth-order valence-corrected chi connectivity index (χ4v) is 3.72. The fourth-order valence-electron chi connectivity index (χ4n) is 3.72. The van der Waals surface area contributed by atoms with Crippen molar-refractivity contribution in [2.45, 2.75) is 38.8 Å². The van der Waals surface area contributed by atoms with Crippen LogP contribution in [-0.2, 0) is 13.1 Å². The molecule has 18 heavy (non-hydrogen) atoms. The Morgan fingerprint density at radius 2 is 2.17 bits per heavy atom. The number of imidazole rings is 1. The summed E-state index contributed by atoms with van der Waals surface area (Å²) >= 11 is 0. The first-order valence-electron chi connectivity index (χ1n) is 7.18. The lowest BCUT2D eigenvalue weighted by Gasteiger charge is -2.37. The van der Waals surface area contributed by atoms with Crippen molar-refractivity contribution in [3.63, 3.8) is 0 Å². The van der Waals surface area contributed by atoms with Gasteiger partial charge in [-0.2, -0.15) is 0 Å². The first-order valence-corrected chi connectivity index (χ1v) is 7.18. The largest absolute Gasteiger partial charge is 0.333 e. The van der Waals surface area contributed by atoms with Crippen LogP contribution in [0.2, 0.25) is 0 Å². The molecule has 2 aliphatic rings. The molecule has 1 saturated carbocycles. The third-order valence-corrected chi connectivity index (χ3v) is 4.60. The van der Waals surface area contributed by atoms with Crippen molar-refractivity contribution >= 4 is 0 Å². The molecule has 1 aliphatic heterocycles. The maximum atomic E-state index is 4.46. The zero-order chi connectivity index (χ0) is 12.4. The number of rotatable bonds is 4. The highest BCUT2D eigenvalue weighted by molar-refractivity contribution is 4.97. The zero-order valence-corrected chi connectivity index (χ0v) is 11.4. The van der Waals surface area contributed by atoms with Gasteiger partial charge in [0.05, 0.1) is 6.54 Å². The third kappa shape index (κ3) is 2.31. The summed E-state index contributed by atoms with van der Waals surface area (Å²) in [5.74, 6) is 1.24. The highest BCUT2D eigenvalue weighted by Gasteiger charge is 2.35. The highest BCUT2D eigenvalue weighted by Crippen LogP contribution is 2.38. The van der Waals surface area contributed by atoms with Gasteiger partial charge in [-0.25, -0.2) is 4.98 Å². The Morgan fingerprint density at radius 3 is 2.94 bits per heavy atom. The van der Waals surface area contributed by atoms with Crippen molar-refractivity contribution in [3.8, 4) is 0 Å². The van der Waals surface area contributed by atoms with Gasteiger partial charge in [-0.1, -0.05) is 12.8 Å². The Balaban J connectivity index is 1.66. The van der Waals surface area contributed by atoms with Crippen LogP contribution in [-0.4, -0.2) is 41.1 Å². The average molecular weight is 248 g/mol. The van der Waals surface area contributed by atoms with Crippen molar-refractivity contribution in [3.05, 3.63) is 18.2 Å². The van der Waals surface area contributed by atoms with E-state index >= 15 is 0 Å². The van der Waals surface area contributed by atoms with E-state index < -0.39 is 0 Å². The van der Waals surface area contributed by atoms with Crippen molar-refractivity contribution in [1.29, 1.82) is 0 Å². The smallest absolute Gasteiger partial charge is 0.122 e. The lowest BCUT2D eigenvalue weighted by molar-refractivity contribution is 0.123. The van der Waals surface area contributed by atoms with E-state index in [4.69, 9.17) is 0 Å². The molecule has 0 aromatic carbocycles. The van der Waals surface area contributed by atoms with Crippen LogP contribution in [0.4, 0.5) is 0 Å². The second-order valence-corrected chi connectivity index (χ2v) is 5.98. The Kier molecular flexibility index (Phi) is 3.39.